The Morgan fingerprint density at radius 2 is 1.65 bits per heavy atom. The first-order chi connectivity index (χ1) is 8.28. The van der Waals surface area contributed by atoms with Gasteiger partial charge in [-0.05, 0) is 26.0 Å². The molecule has 94 valence electrons. The number of hydrogen-bond acceptors (Lipinski definition) is 1. The molecule has 1 N–H and O–H groups in total. The topological polar surface area (TPSA) is 12.0 Å². The van der Waals surface area contributed by atoms with Crippen LogP contribution in [0.2, 0.25) is 0 Å². The molecule has 0 atom stereocenters. The monoisotopic (exact) mass is 233 g/mol. The molecule has 17 heavy (non-hydrogen) atoms. The van der Waals surface area contributed by atoms with Crippen molar-refractivity contribution in [3.05, 3.63) is 30.3 Å². The minimum absolute atomic E-state index is 0.668. The molecule has 1 fully saturated rings. The molecule has 0 spiro atoms. The summed E-state index contributed by atoms with van der Waals surface area (Å²) in [5, 5.41) is 3.66. The largest absolute Gasteiger partial charge is 0.382 e. The fraction of sp³-hybridized carbons (Fsp3) is 0.600. The third kappa shape index (κ3) is 3.01. The Kier molecular flexibility index (Phi) is 4.06. The van der Waals surface area contributed by atoms with Gasteiger partial charge < -0.3 is 9.80 Å². The van der Waals surface area contributed by atoms with Crippen LogP contribution in [0.3, 0.4) is 0 Å². The number of nitrogens with one attached hydrogen (secondary N) is 1. The third-order valence-corrected chi connectivity index (χ3v) is 4.39. The number of hydrogen-bond donors (Lipinski definition) is 1. The van der Waals surface area contributed by atoms with E-state index in [0.717, 1.165) is 0 Å². The van der Waals surface area contributed by atoms with Crippen LogP contribution in [0.5, 0.6) is 0 Å². The van der Waals surface area contributed by atoms with Crippen molar-refractivity contribution in [3.63, 3.8) is 0 Å². The second-order valence-corrected chi connectivity index (χ2v) is 5.21. The van der Waals surface area contributed by atoms with Gasteiger partial charge in [-0.25, -0.2) is 0 Å². The van der Waals surface area contributed by atoms with E-state index < -0.39 is 0 Å². The Balaban J connectivity index is 1.87. The standard InChI is InChI=1S/C15H25N2/c1-3-17(4-2)12-10-15(11-13-17)16-14-8-6-5-7-9-14/h5-9,15-16H,3-4,10-13H2,1-2H3/q+1. The highest BCUT2D eigenvalue weighted by Crippen LogP contribution is 2.21. The van der Waals surface area contributed by atoms with Gasteiger partial charge in [0.25, 0.3) is 0 Å². The van der Waals surface area contributed by atoms with Crippen LogP contribution in [0.15, 0.2) is 30.3 Å². The fourth-order valence-corrected chi connectivity index (χ4v) is 2.89. The molecule has 0 amide bonds. The van der Waals surface area contributed by atoms with Crippen molar-refractivity contribution in [2.24, 2.45) is 0 Å². The van der Waals surface area contributed by atoms with Crippen LogP contribution in [0.25, 0.3) is 0 Å². The molecule has 0 aromatic heterocycles. The molecular formula is C15H25N2+. The lowest BCUT2D eigenvalue weighted by atomic mass is 10.0. The number of piperidine rings is 1. The summed E-state index contributed by atoms with van der Waals surface area (Å²) in [5.41, 5.74) is 1.27. The maximum atomic E-state index is 3.66. The van der Waals surface area contributed by atoms with E-state index in [1.807, 2.05) is 0 Å². The predicted molar refractivity (Wildman–Crippen MR) is 74.2 cm³/mol. The summed E-state index contributed by atoms with van der Waals surface area (Å²) < 4.78 is 1.31. The van der Waals surface area contributed by atoms with Crippen LogP contribution in [0.4, 0.5) is 5.69 Å². The van der Waals surface area contributed by atoms with E-state index in [1.54, 1.807) is 0 Å². The van der Waals surface area contributed by atoms with Gasteiger partial charge in [-0.2, -0.15) is 0 Å². The van der Waals surface area contributed by atoms with Gasteiger partial charge in [0, 0.05) is 24.6 Å². The van der Waals surface area contributed by atoms with Crippen LogP contribution in [0.1, 0.15) is 26.7 Å². The fourth-order valence-electron chi connectivity index (χ4n) is 2.89. The summed E-state index contributed by atoms with van der Waals surface area (Å²) in [4.78, 5) is 0. The number of benzene rings is 1. The van der Waals surface area contributed by atoms with E-state index in [2.05, 4.69) is 49.5 Å². The summed E-state index contributed by atoms with van der Waals surface area (Å²) >= 11 is 0. The molecule has 2 heteroatoms. The second-order valence-electron chi connectivity index (χ2n) is 5.21. The van der Waals surface area contributed by atoms with Crippen LogP contribution in [-0.4, -0.2) is 36.7 Å². The van der Waals surface area contributed by atoms with Crippen molar-refractivity contribution in [1.29, 1.82) is 0 Å². The lowest BCUT2D eigenvalue weighted by Crippen LogP contribution is -2.54. The van der Waals surface area contributed by atoms with Crippen molar-refractivity contribution in [2.45, 2.75) is 32.7 Å². The molecule has 1 heterocycles. The number of anilines is 1. The summed E-state index contributed by atoms with van der Waals surface area (Å²) in [6, 6.07) is 11.3. The summed E-state index contributed by atoms with van der Waals surface area (Å²) in [5.74, 6) is 0. The highest BCUT2D eigenvalue weighted by molar-refractivity contribution is 5.43. The van der Waals surface area contributed by atoms with Crippen molar-refractivity contribution in [2.75, 3.05) is 31.5 Å². The van der Waals surface area contributed by atoms with Gasteiger partial charge in [0.1, 0.15) is 0 Å². The van der Waals surface area contributed by atoms with Crippen molar-refractivity contribution in [1.82, 2.24) is 0 Å². The average Bonchev–Trinajstić information content (AvgIpc) is 2.41. The lowest BCUT2D eigenvalue weighted by molar-refractivity contribution is -0.929. The zero-order valence-corrected chi connectivity index (χ0v) is 11.2. The SMILES string of the molecule is CC[N+]1(CC)CCC(Nc2ccccc2)CC1. The first kappa shape index (κ1) is 12.4. The Hall–Kier alpha value is -1.02. The van der Waals surface area contributed by atoms with Crippen molar-refractivity contribution < 1.29 is 4.48 Å². The minimum atomic E-state index is 0.668. The van der Waals surface area contributed by atoms with Gasteiger partial charge in [-0.3, -0.25) is 0 Å². The smallest absolute Gasteiger partial charge is 0.0806 e. The van der Waals surface area contributed by atoms with E-state index in [1.165, 1.54) is 49.2 Å². The predicted octanol–water partition coefficient (Wildman–Crippen LogP) is 3.12. The number of nitrogens with zero attached hydrogens (tertiary/aromatic N) is 1. The molecule has 2 rings (SSSR count). The first-order valence-electron chi connectivity index (χ1n) is 6.94. The summed E-state index contributed by atoms with van der Waals surface area (Å²) in [6.07, 6.45) is 2.60. The Morgan fingerprint density at radius 3 is 2.18 bits per heavy atom. The number of quaternary nitrogens is 1. The summed E-state index contributed by atoms with van der Waals surface area (Å²) in [6.45, 7) is 9.89. The average molecular weight is 233 g/mol. The van der Waals surface area contributed by atoms with E-state index in [-0.39, 0.29) is 0 Å². The Labute approximate surface area is 105 Å². The van der Waals surface area contributed by atoms with Gasteiger partial charge in [0.05, 0.1) is 26.2 Å². The number of rotatable bonds is 4. The highest BCUT2D eigenvalue weighted by Gasteiger charge is 2.30. The van der Waals surface area contributed by atoms with Gasteiger partial charge in [0.15, 0.2) is 0 Å². The normalized spacial score (nSPS) is 20.1. The van der Waals surface area contributed by atoms with Crippen LogP contribution in [0, 0.1) is 0 Å². The number of likely N-dealkylation sites (tertiary alicyclic amines) is 1. The molecule has 0 bridgehead atoms. The number of para-hydroxylation sites is 1. The zero-order chi connectivity index (χ0) is 12.1. The Bertz CT molecular complexity index is 320. The molecule has 1 aliphatic rings. The maximum absolute atomic E-state index is 3.66. The highest BCUT2D eigenvalue weighted by atomic mass is 15.4. The second kappa shape index (κ2) is 5.54. The van der Waals surface area contributed by atoms with Crippen LogP contribution >= 0.6 is 0 Å². The van der Waals surface area contributed by atoms with Crippen molar-refractivity contribution in [3.8, 4) is 0 Å². The molecule has 0 saturated carbocycles. The van der Waals surface area contributed by atoms with Crippen molar-refractivity contribution >= 4 is 5.69 Å². The molecular weight excluding hydrogens is 208 g/mol. The van der Waals surface area contributed by atoms with E-state index in [9.17, 15) is 0 Å². The molecule has 0 unspecified atom stereocenters. The van der Waals surface area contributed by atoms with Crippen LogP contribution in [-0.2, 0) is 0 Å². The third-order valence-electron chi connectivity index (χ3n) is 4.39. The van der Waals surface area contributed by atoms with E-state index in [0.29, 0.717) is 6.04 Å². The zero-order valence-electron chi connectivity index (χ0n) is 11.2. The summed E-state index contributed by atoms with van der Waals surface area (Å²) in [7, 11) is 0. The Morgan fingerprint density at radius 1 is 1.06 bits per heavy atom. The lowest BCUT2D eigenvalue weighted by Gasteiger charge is -2.42. The molecule has 1 aromatic rings. The molecule has 0 radical (unpaired) electrons. The molecule has 2 nitrogen and oxygen atoms in total. The van der Waals surface area contributed by atoms with E-state index >= 15 is 0 Å². The maximum Gasteiger partial charge on any atom is 0.0806 e. The van der Waals surface area contributed by atoms with E-state index in [4.69, 9.17) is 0 Å². The molecule has 1 aliphatic heterocycles. The molecule has 1 saturated heterocycles. The quantitative estimate of drug-likeness (QED) is 0.788. The van der Waals surface area contributed by atoms with Gasteiger partial charge >= 0.3 is 0 Å². The first-order valence-corrected chi connectivity index (χ1v) is 6.94. The minimum Gasteiger partial charge on any atom is -0.382 e. The van der Waals surface area contributed by atoms with Gasteiger partial charge in [-0.1, -0.05) is 18.2 Å². The van der Waals surface area contributed by atoms with Gasteiger partial charge in [-0.15, -0.1) is 0 Å². The van der Waals surface area contributed by atoms with Gasteiger partial charge in [0.2, 0.25) is 0 Å². The molecule has 1 aromatic carbocycles. The van der Waals surface area contributed by atoms with Crippen LogP contribution < -0.4 is 5.32 Å². The molecule has 0 aliphatic carbocycles.